The van der Waals surface area contributed by atoms with E-state index in [9.17, 15) is 9.59 Å². The molecular weight excluding hydrogens is 266 g/mol. The zero-order valence-corrected chi connectivity index (χ0v) is 12.1. The van der Waals surface area contributed by atoms with E-state index in [0.717, 1.165) is 11.1 Å². The maximum atomic E-state index is 12.1. The second-order valence-corrected chi connectivity index (χ2v) is 5.19. The van der Waals surface area contributed by atoms with Crippen LogP contribution in [0.25, 0.3) is 0 Å². The zero-order valence-electron chi connectivity index (χ0n) is 12.1. The van der Waals surface area contributed by atoms with Gasteiger partial charge in [-0.2, -0.15) is 0 Å². The lowest BCUT2D eigenvalue weighted by Gasteiger charge is -2.31. The maximum Gasteiger partial charge on any atom is 0.250 e. The summed E-state index contributed by atoms with van der Waals surface area (Å²) < 4.78 is 0. The lowest BCUT2D eigenvalue weighted by Crippen LogP contribution is -2.41. The van der Waals surface area contributed by atoms with Gasteiger partial charge in [-0.05, 0) is 36.6 Å². The molecule has 0 spiro atoms. The lowest BCUT2D eigenvalue weighted by atomic mass is 9.72. The Labute approximate surface area is 123 Å². The second-order valence-electron chi connectivity index (χ2n) is 5.19. The molecule has 2 rings (SSSR count). The summed E-state index contributed by atoms with van der Waals surface area (Å²) in [6.07, 6.45) is 5.40. The van der Waals surface area contributed by atoms with Crippen molar-refractivity contribution in [2.24, 2.45) is 5.73 Å². The van der Waals surface area contributed by atoms with E-state index in [0.29, 0.717) is 17.7 Å². The van der Waals surface area contributed by atoms with Gasteiger partial charge in [-0.1, -0.05) is 24.3 Å². The number of aryl methyl sites for hydroxylation is 1. The third-order valence-electron chi connectivity index (χ3n) is 3.86. The maximum absolute atomic E-state index is 12.1. The standard InChI is InChI=1S/C16H19N3O2/c1-10-3-4-12(17)9-13(10)16(15(18)21)7-5-11(6-8-16)14(20)19-2/h3-7,9H,8,17H2,1-2H3,(H2,18,21)(H,19,20). The summed E-state index contributed by atoms with van der Waals surface area (Å²) in [5.74, 6) is -0.645. The van der Waals surface area contributed by atoms with Crippen molar-refractivity contribution < 1.29 is 9.59 Å². The van der Waals surface area contributed by atoms with Gasteiger partial charge in [0.1, 0.15) is 0 Å². The number of carbonyl (C=O) groups excluding carboxylic acids is 2. The molecule has 0 aliphatic heterocycles. The Bertz CT molecular complexity index is 661. The molecule has 5 heteroatoms. The van der Waals surface area contributed by atoms with E-state index in [4.69, 9.17) is 11.5 Å². The summed E-state index contributed by atoms with van der Waals surface area (Å²) in [5, 5.41) is 2.56. The minimum absolute atomic E-state index is 0.186. The molecule has 1 aromatic rings. The summed E-state index contributed by atoms with van der Waals surface area (Å²) in [6, 6.07) is 5.41. The molecule has 1 atom stereocenters. The van der Waals surface area contributed by atoms with Gasteiger partial charge in [-0.25, -0.2) is 0 Å². The fourth-order valence-corrected chi connectivity index (χ4v) is 2.59. The highest BCUT2D eigenvalue weighted by Crippen LogP contribution is 2.36. The summed E-state index contributed by atoms with van der Waals surface area (Å²) in [4.78, 5) is 23.7. The summed E-state index contributed by atoms with van der Waals surface area (Å²) in [7, 11) is 1.56. The van der Waals surface area contributed by atoms with Crippen LogP contribution in [0.2, 0.25) is 0 Å². The molecular formula is C16H19N3O2. The Balaban J connectivity index is 2.49. The first kappa shape index (κ1) is 14.8. The first-order valence-electron chi connectivity index (χ1n) is 6.68. The molecule has 2 amide bonds. The van der Waals surface area contributed by atoms with Gasteiger partial charge in [0.2, 0.25) is 5.91 Å². The predicted octanol–water partition coefficient (Wildman–Crippen LogP) is 0.933. The van der Waals surface area contributed by atoms with Crippen LogP contribution in [-0.4, -0.2) is 18.9 Å². The van der Waals surface area contributed by atoms with Gasteiger partial charge < -0.3 is 16.8 Å². The Hall–Kier alpha value is -2.56. The van der Waals surface area contributed by atoms with Crippen LogP contribution in [0.3, 0.4) is 0 Å². The SMILES string of the molecule is CNC(=O)C1=CCC(C(N)=O)(c2cc(N)ccc2C)C=C1. The highest BCUT2D eigenvalue weighted by Gasteiger charge is 2.38. The number of allylic oxidation sites excluding steroid dienone is 1. The molecule has 1 aliphatic rings. The summed E-state index contributed by atoms with van der Waals surface area (Å²) in [6.45, 7) is 1.91. The molecule has 1 aliphatic carbocycles. The fourth-order valence-electron chi connectivity index (χ4n) is 2.59. The number of nitrogens with one attached hydrogen (secondary N) is 1. The molecule has 1 aromatic carbocycles. The molecule has 0 bridgehead atoms. The van der Waals surface area contributed by atoms with E-state index >= 15 is 0 Å². The predicted molar refractivity (Wildman–Crippen MR) is 82.4 cm³/mol. The Morgan fingerprint density at radius 1 is 1.33 bits per heavy atom. The van der Waals surface area contributed by atoms with Crippen LogP contribution in [-0.2, 0) is 15.0 Å². The van der Waals surface area contributed by atoms with Gasteiger partial charge in [0.05, 0.1) is 5.41 Å². The molecule has 110 valence electrons. The molecule has 21 heavy (non-hydrogen) atoms. The average Bonchev–Trinajstić information content (AvgIpc) is 2.48. The van der Waals surface area contributed by atoms with Gasteiger partial charge >= 0.3 is 0 Å². The highest BCUT2D eigenvalue weighted by atomic mass is 16.2. The highest BCUT2D eigenvalue weighted by molar-refractivity contribution is 5.98. The average molecular weight is 285 g/mol. The van der Waals surface area contributed by atoms with Crippen molar-refractivity contribution in [3.8, 4) is 0 Å². The minimum Gasteiger partial charge on any atom is -0.399 e. The number of primary amides is 1. The minimum atomic E-state index is -0.961. The van der Waals surface area contributed by atoms with Gasteiger partial charge in [0.15, 0.2) is 0 Å². The molecule has 5 nitrogen and oxygen atoms in total. The number of anilines is 1. The second kappa shape index (κ2) is 5.44. The first-order valence-corrected chi connectivity index (χ1v) is 6.68. The van der Waals surface area contributed by atoms with Gasteiger partial charge in [0.25, 0.3) is 5.91 Å². The number of benzene rings is 1. The molecule has 0 radical (unpaired) electrons. The third-order valence-corrected chi connectivity index (χ3v) is 3.86. The van der Waals surface area contributed by atoms with Gasteiger partial charge in [-0.15, -0.1) is 0 Å². The topological polar surface area (TPSA) is 98.2 Å². The van der Waals surface area contributed by atoms with Gasteiger partial charge in [0, 0.05) is 18.3 Å². The number of likely N-dealkylation sites (N-methyl/N-ethyl adjacent to an activating group) is 1. The zero-order chi connectivity index (χ0) is 15.6. The summed E-state index contributed by atoms with van der Waals surface area (Å²) in [5.41, 5.74) is 13.3. The fraction of sp³-hybridized carbons (Fsp3) is 0.250. The largest absolute Gasteiger partial charge is 0.399 e. The molecule has 0 fully saturated rings. The van der Waals surface area contributed by atoms with Crippen LogP contribution >= 0.6 is 0 Å². The quantitative estimate of drug-likeness (QED) is 0.721. The Kier molecular flexibility index (Phi) is 3.84. The van der Waals surface area contributed by atoms with Crippen molar-refractivity contribution in [2.45, 2.75) is 18.8 Å². The van der Waals surface area contributed by atoms with Crippen molar-refractivity contribution in [1.29, 1.82) is 0 Å². The number of nitrogens with two attached hydrogens (primary N) is 2. The third kappa shape index (κ3) is 2.54. The lowest BCUT2D eigenvalue weighted by molar-refractivity contribution is -0.122. The number of hydrogen-bond acceptors (Lipinski definition) is 3. The smallest absolute Gasteiger partial charge is 0.250 e. The molecule has 0 saturated heterocycles. The molecule has 1 unspecified atom stereocenters. The number of hydrogen-bond donors (Lipinski definition) is 3. The molecule has 0 aromatic heterocycles. The monoisotopic (exact) mass is 285 g/mol. The van der Waals surface area contributed by atoms with Crippen LogP contribution < -0.4 is 16.8 Å². The van der Waals surface area contributed by atoms with Crippen molar-refractivity contribution >= 4 is 17.5 Å². The first-order chi connectivity index (χ1) is 9.90. The van der Waals surface area contributed by atoms with Crippen LogP contribution in [0.5, 0.6) is 0 Å². The van der Waals surface area contributed by atoms with Crippen molar-refractivity contribution in [1.82, 2.24) is 5.32 Å². The van der Waals surface area contributed by atoms with E-state index in [1.54, 1.807) is 37.4 Å². The normalized spacial score (nSPS) is 20.8. The number of amides is 2. The van der Waals surface area contributed by atoms with Crippen molar-refractivity contribution in [3.05, 3.63) is 53.1 Å². The van der Waals surface area contributed by atoms with Crippen molar-refractivity contribution in [3.63, 3.8) is 0 Å². The van der Waals surface area contributed by atoms with Crippen LogP contribution in [0.1, 0.15) is 17.5 Å². The molecule has 5 N–H and O–H groups in total. The van der Waals surface area contributed by atoms with E-state index in [1.807, 2.05) is 13.0 Å². The van der Waals surface area contributed by atoms with E-state index in [-0.39, 0.29) is 5.91 Å². The van der Waals surface area contributed by atoms with E-state index in [1.165, 1.54) is 0 Å². The number of rotatable bonds is 3. The molecule has 0 saturated carbocycles. The molecule has 0 heterocycles. The van der Waals surface area contributed by atoms with Crippen LogP contribution in [0.15, 0.2) is 42.0 Å². The van der Waals surface area contributed by atoms with E-state index < -0.39 is 11.3 Å². The number of nitrogen functional groups attached to an aromatic ring is 1. The van der Waals surface area contributed by atoms with E-state index in [2.05, 4.69) is 5.32 Å². The Morgan fingerprint density at radius 2 is 2.05 bits per heavy atom. The van der Waals surface area contributed by atoms with Crippen LogP contribution in [0, 0.1) is 6.92 Å². The number of carbonyl (C=O) groups is 2. The van der Waals surface area contributed by atoms with Crippen molar-refractivity contribution in [2.75, 3.05) is 12.8 Å². The summed E-state index contributed by atoms with van der Waals surface area (Å²) >= 11 is 0. The van der Waals surface area contributed by atoms with Gasteiger partial charge in [-0.3, -0.25) is 9.59 Å². The Morgan fingerprint density at radius 3 is 2.57 bits per heavy atom. The van der Waals surface area contributed by atoms with Crippen LogP contribution in [0.4, 0.5) is 5.69 Å².